The van der Waals surface area contributed by atoms with Crippen LogP contribution in [-0.2, 0) is 0 Å². The molecule has 3 nitrogen and oxygen atoms in total. The molecule has 5 aromatic rings. The van der Waals surface area contributed by atoms with Crippen LogP contribution in [0.1, 0.15) is 22.3 Å². The highest BCUT2D eigenvalue weighted by atomic mass is 31.1. The Hall–Kier alpha value is -3.77. The second kappa shape index (κ2) is 13.5. The molecule has 1 heterocycles. The fourth-order valence-electron chi connectivity index (χ4n) is 6.05. The summed E-state index contributed by atoms with van der Waals surface area (Å²) in [5, 5.41) is 8.68. The van der Waals surface area contributed by atoms with Crippen LogP contribution in [0, 0.1) is 27.7 Å². The molecule has 1 fully saturated rings. The Morgan fingerprint density at radius 1 is 0.523 bits per heavy atom. The smallest absolute Gasteiger partial charge is 0.321 e. The fourth-order valence-corrected chi connectivity index (χ4v) is 12.5. The second-order valence-corrected chi connectivity index (χ2v) is 16.8. The third-order valence-corrected chi connectivity index (χ3v) is 14.5. The summed E-state index contributed by atoms with van der Waals surface area (Å²) >= 11 is 0. The molecule has 0 radical (unpaired) electrons. The molecular weight excluding hydrogens is 574 g/mol. The van der Waals surface area contributed by atoms with Gasteiger partial charge in [0.1, 0.15) is 0 Å². The maximum atomic E-state index is 13.9. The molecule has 5 heteroatoms. The van der Waals surface area contributed by atoms with E-state index in [-0.39, 0.29) is 17.3 Å². The van der Waals surface area contributed by atoms with Crippen molar-refractivity contribution in [1.29, 1.82) is 0 Å². The van der Waals surface area contributed by atoms with Gasteiger partial charge in [-0.1, -0.05) is 138 Å². The van der Waals surface area contributed by atoms with Gasteiger partial charge in [0.2, 0.25) is 0 Å². The number of aryl methyl sites for hydroxylation is 4. The van der Waals surface area contributed by atoms with Gasteiger partial charge >= 0.3 is 6.03 Å². The number of rotatable bonds is 7. The van der Waals surface area contributed by atoms with E-state index in [1.54, 1.807) is 0 Å². The van der Waals surface area contributed by atoms with Crippen LogP contribution in [0.25, 0.3) is 0 Å². The number of para-hydroxylation sites is 1. The zero-order valence-corrected chi connectivity index (χ0v) is 27.7. The molecule has 0 saturated carbocycles. The van der Waals surface area contributed by atoms with Crippen LogP contribution in [0.2, 0.25) is 0 Å². The minimum absolute atomic E-state index is 0.0192. The Labute approximate surface area is 264 Å². The number of carbonyl (C=O) groups excluding carboxylic acids is 1. The van der Waals surface area contributed by atoms with E-state index >= 15 is 0 Å². The number of likely N-dealkylation sites (tertiary alicyclic amines) is 1. The first-order valence-electron chi connectivity index (χ1n) is 15.3. The third-order valence-electron chi connectivity index (χ3n) is 8.48. The van der Waals surface area contributed by atoms with Gasteiger partial charge in [-0.2, -0.15) is 0 Å². The van der Waals surface area contributed by atoms with Gasteiger partial charge in [-0.25, -0.2) is 4.79 Å². The fraction of sp³-hybridized carbons (Fsp3) is 0.205. The molecule has 222 valence electrons. The summed E-state index contributed by atoms with van der Waals surface area (Å²) in [7, 11) is -1.52. The van der Waals surface area contributed by atoms with Crippen LogP contribution in [0.5, 0.6) is 0 Å². The van der Waals surface area contributed by atoms with E-state index < -0.39 is 15.8 Å². The topological polar surface area (TPSA) is 32.3 Å². The molecule has 1 aliphatic heterocycles. The number of urea groups is 1. The van der Waals surface area contributed by atoms with E-state index in [0.717, 1.165) is 5.69 Å². The normalized spacial score (nSPS) is 16.5. The maximum absolute atomic E-state index is 13.9. The van der Waals surface area contributed by atoms with E-state index in [4.69, 9.17) is 0 Å². The van der Waals surface area contributed by atoms with Crippen molar-refractivity contribution in [1.82, 2.24) is 4.90 Å². The molecule has 1 saturated heterocycles. The van der Waals surface area contributed by atoms with Crippen LogP contribution in [0.3, 0.4) is 0 Å². The highest BCUT2D eigenvalue weighted by molar-refractivity contribution is 7.77. The largest absolute Gasteiger partial charge is 0.323 e. The van der Waals surface area contributed by atoms with Crippen molar-refractivity contribution in [3.05, 3.63) is 150 Å². The summed E-state index contributed by atoms with van der Waals surface area (Å²) < 4.78 is 0. The first kappa shape index (κ1) is 30.3. The van der Waals surface area contributed by atoms with Gasteiger partial charge in [0, 0.05) is 30.1 Å². The summed E-state index contributed by atoms with van der Waals surface area (Å²) in [5.41, 5.74) is 6.46. The van der Waals surface area contributed by atoms with Crippen molar-refractivity contribution >= 4 is 48.8 Å². The number of benzene rings is 5. The van der Waals surface area contributed by atoms with E-state index in [0.29, 0.717) is 13.1 Å². The summed E-state index contributed by atoms with van der Waals surface area (Å²) in [6, 6.07) is 46.3. The van der Waals surface area contributed by atoms with Crippen LogP contribution < -0.4 is 26.5 Å². The minimum atomic E-state index is -0.758. The molecule has 6 rings (SSSR count). The monoisotopic (exact) mass is 614 g/mol. The van der Waals surface area contributed by atoms with Gasteiger partial charge in [0.05, 0.1) is 0 Å². The van der Waals surface area contributed by atoms with Gasteiger partial charge in [-0.05, 0) is 76.9 Å². The molecule has 2 unspecified atom stereocenters. The van der Waals surface area contributed by atoms with Crippen LogP contribution in [-0.4, -0.2) is 35.3 Å². The molecule has 44 heavy (non-hydrogen) atoms. The lowest BCUT2D eigenvalue weighted by molar-refractivity contribution is 0.223. The standard InChI is InChI=1S/C39H40N2OP2/c1-28-10-18-33(19-11-28)43(34-20-12-29(2)13-21-34)37-26-41(39(42)40-32-8-6-5-7-9-32)27-38(37)44(35-22-14-30(3)15-23-35)36-24-16-31(4)17-25-36/h5-25,37-38H,26-27H2,1-4H3,(H,40,42). The summed E-state index contributed by atoms with van der Waals surface area (Å²) in [6.45, 7) is 10.0. The average Bonchev–Trinajstić information content (AvgIpc) is 3.46. The predicted molar refractivity (Wildman–Crippen MR) is 192 cm³/mol. The number of carbonyl (C=O) groups is 1. The number of amides is 2. The lowest BCUT2D eigenvalue weighted by atomic mass is 10.2. The van der Waals surface area contributed by atoms with Gasteiger partial charge in [-0.15, -0.1) is 0 Å². The van der Waals surface area contributed by atoms with Crippen molar-refractivity contribution in [3.8, 4) is 0 Å². The summed E-state index contributed by atoms with van der Waals surface area (Å²) in [6.07, 6.45) is 0. The Morgan fingerprint density at radius 2 is 0.841 bits per heavy atom. The average molecular weight is 615 g/mol. The number of hydrogen-bond acceptors (Lipinski definition) is 1. The predicted octanol–water partition coefficient (Wildman–Crippen LogP) is 7.77. The number of nitrogens with zero attached hydrogens (tertiary/aromatic N) is 1. The van der Waals surface area contributed by atoms with Crippen molar-refractivity contribution in [3.63, 3.8) is 0 Å². The van der Waals surface area contributed by atoms with E-state index in [1.165, 1.54) is 43.5 Å². The molecular formula is C39H40N2OP2. The zero-order chi connectivity index (χ0) is 30.6. The molecule has 0 spiro atoms. The van der Waals surface area contributed by atoms with E-state index in [2.05, 4.69) is 135 Å². The molecule has 0 aliphatic carbocycles. The number of nitrogens with one attached hydrogen (secondary N) is 1. The Morgan fingerprint density at radius 3 is 1.16 bits per heavy atom. The van der Waals surface area contributed by atoms with Crippen LogP contribution in [0.4, 0.5) is 10.5 Å². The zero-order valence-electron chi connectivity index (χ0n) is 25.9. The molecule has 2 amide bonds. The highest BCUT2D eigenvalue weighted by Gasteiger charge is 2.45. The molecule has 0 bridgehead atoms. The maximum Gasteiger partial charge on any atom is 0.321 e. The molecule has 1 aliphatic rings. The Kier molecular flexibility index (Phi) is 9.27. The van der Waals surface area contributed by atoms with Gasteiger partial charge < -0.3 is 10.2 Å². The number of anilines is 1. The minimum Gasteiger partial charge on any atom is -0.323 e. The van der Waals surface area contributed by atoms with Crippen molar-refractivity contribution in [2.24, 2.45) is 0 Å². The Balaban J connectivity index is 1.48. The highest BCUT2D eigenvalue weighted by Crippen LogP contribution is 2.54. The van der Waals surface area contributed by atoms with Crippen molar-refractivity contribution in [2.75, 3.05) is 18.4 Å². The third kappa shape index (κ3) is 6.81. The van der Waals surface area contributed by atoms with Gasteiger partial charge in [-0.3, -0.25) is 0 Å². The molecule has 0 aromatic heterocycles. The lowest BCUT2D eigenvalue weighted by Gasteiger charge is -2.34. The summed E-state index contributed by atoms with van der Waals surface area (Å²) in [5.74, 6) is 0. The SMILES string of the molecule is Cc1ccc(P(c2ccc(C)cc2)C2CN(C(=O)Nc3ccccc3)CC2P(c2ccc(C)cc2)c2ccc(C)cc2)cc1. The first-order chi connectivity index (χ1) is 21.4. The Bertz CT molecular complexity index is 1490. The van der Waals surface area contributed by atoms with Crippen molar-refractivity contribution < 1.29 is 4.79 Å². The van der Waals surface area contributed by atoms with Crippen LogP contribution >= 0.6 is 15.8 Å². The second-order valence-electron chi connectivity index (χ2n) is 11.9. The van der Waals surface area contributed by atoms with Gasteiger partial charge in [0.25, 0.3) is 0 Å². The van der Waals surface area contributed by atoms with Crippen molar-refractivity contribution in [2.45, 2.75) is 39.0 Å². The lowest BCUT2D eigenvalue weighted by Crippen LogP contribution is -2.34. The molecule has 1 N–H and O–H groups in total. The van der Waals surface area contributed by atoms with Crippen LogP contribution in [0.15, 0.2) is 127 Å². The van der Waals surface area contributed by atoms with E-state index in [1.807, 2.05) is 30.3 Å². The van der Waals surface area contributed by atoms with Gasteiger partial charge in [0.15, 0.2) is 0 Å². The summed E-state index contributed by atoms with van der Waals surface area (Å²) in [4.78, 5) is 16.0. The number of hydrogen-bond donors (Lipinski definition) is 1. The van der Waals surface area contributed by atoms with E-state index in [9.17, 15) is 4.79 Å². The molecule has 5 aromatic carbocycles. The quantitative estimate of drug-likeness (QED) is 0.187. The molecule has 2 atom stereocenters. The first-order valence-corrected chi connectivity index (χ1v) is 18.1.